The average Bonchev–Trinajstić information content (AvgIpc) is 2.88. The Labute approximate surface area is 213 Å². The quantitative estimate of drug-likeness (QED) is 0.153. The maximum atomic E-state index is 12.5. The zero-order valence-electron chi connectivity index (χ0n) is 19.8. The highest BCUT2D eigenvalue weighted by atomic mass is 35.5. The second-order valence-electron chi connectivity index (χ2n) is 7.32. The van der Waals surface area contributed by atoms with E-state index in [0.29, 0.717) is 45.5 Å². The van der Waals surface area contributed by atoms with Crippen LogP contribution in [0, 0.1) is 6.92 Å². The molecule has 10 heteroatoms. The first-order chi connectivity index (χ1) is 17.3. The van der Waals surface area contributed by atoms with Crippen LogP contribution in [0.2, 0.25) is 5.02 Å². The van der Waals surface area contributed by atoms with Gasteiger partial charge in [0.2, 0.25) is 0 Å². The SMILES string of the molecule is CCOc1cc(C=NNC(=O)C(=O)Nc2cccc(Cl)c2C)ccc1OC(=O)c1ccc(OC)cc1. The molecule has 186 valence electrons. The number of methoxy groups -OCH3 is 1. The molecule has 0 aliphatic carbocycles. The molecule has 9 nitrogen and oxygen atoms in total. The highest BCUT2D eigenvalue weighted by Gasteiger charge is 2.16. The molecule has 0 spiro atoms. The summed E-state index contributed by atoms with van der Waals surface area (Å²) < 4.78 is 16.2. The van der Waals surface area contributed by atoms with Crippen LogP contribution in [0.3, 0.4) is 0 Å². The molecule has 0 fully saturated rings. The summed E-state index contributed by atoms with van der Waals surface area (Å²) in [6, 6.07) is 16.2. The third kappa shape index (κ3) is 6.83. The summed E-state index contributed by atoms with van der Waals surface area (Å²) in [5.41, 5.74) is 4.11. The lowest BCUT2D eigenvalue weighted by atomic mass is 10.2. The van der Waals surface area contributed by atoms with Crippen molar-refractivity contribution in [2.75, 3.05) is 19.0 Å². The van der Waals surface area contributed by atoms with Crippen LogP contribution in [0.5, 0.6) is 17.2 Å². The molecule has 0 aliphatic rings. The van der Waals surface area contributed by atoms with Gasteiger partial charge in [-0.3, -0.25) is 9.59 Å². The molecule has 0 saturated heterocycles. The number of carbonyl (C=O) groups excluding carboxylic acids is 3. The minimum absolute atomic E-state index is 0.218. The number of nitrogens with zero attached hydrogens (tertiary/aromatic N) is 1. The highest BCUT2D eigenvalue weighted by Crippen LogP contribution is 2.29. The Kier molecular flexibility index (Phi) is 9.01. The van der Waals surface area contributed by atoms with Crippen molar-refractivity contribution < 1.29 is 28.6 Å². The van der Waals surface area contributed by atoms with Crippen LogP contribution in [0.4, 0.5) is 5.69 Å². The van der Waals surface area contributed by atoms with E-state index in [1.165, 1.54) is 13.3 Å². The number of hydrazone groups is 1. The molecule has 0 heterocycles. The van der Waals surface area contributed by atoms with Gasteiger partial charge in [0.1, 0.15) is 5.75 Å². The lowest BCUT2D eigenvalue weighted by Crippen LogP contribution is -2.32. The maximum absolute atomic E-state index is 12.5. The number of benzene rings is 3. The Morgan fingerprint density at radius 2 is 1.75 bits per heavy atom. The first kappa shape index (κ1) is 26.2. The predicted molar refractivity (Wildman–Crippen MR) is 136 cm³/mol. The number of halogens is 1. The Bertz CT molecular complexity index is 1290. The molecule has 2 amide bonds. The minimum Gasteiger partial charge on any atom is -0.497 e. The van der Waals surface area contributed by atoms with Crippen molar-refractivity contribution in [1.82, 2.24) is 5.43 Å². The summed E-state index contributed by atoms with van der Waals surface area (Å²) in [6.45, 7) is 3.84. The van der Waals surface area contributed by atoms with Crippen molar-refractivity contribution in [3.8, 4) is 17.2 Å². The number of ether oxygens (including phenoxy) is 3. The number of nitrogens with one attached hydrogen (secondary N) is 2. The summed E-state index contributed by atoms with van der Waals surface area (Å²) in [6.07, 6.45) is 1.33. The summed E-state index contributed by atoms with van der Waals surface area (Å²) >= 11 is 6.03. The van der Waals surface area contributed by atoms with Crippen LogP contribution in [0.1, 0.15) is 28.4 Å². The van der Waals surface area contributed by atoms with Gasteiger partial charge in [-0.05, 0) is 79.6 Å². The van der Waals surface area contributed by atoms with E-state index in [9.17, 15) is 14.4 Å². The van der Waals surface area contributed by atoms with Gasteiger partial charge in [-0.2, -0.15) is 5.10 Å². The van der Waals surface area contributed by atoms with Crippen molar-refractivity contribution in [2.24, 2.45) is 5.10 Å². The topological polar surface area (TPSA) is 115 Å². The molecule has 0 atom stereocenters. The molecule has 36 heavy (non-hydrogen) atoms. The van der Waals surface area contributed by atoms with Gasteiger partial charge < -0.3 is 19.5 Å². The lowest BCUT2D eigenvalue weighted by molar-refractivity contribution is -0.136. The smallest absolute Gasteiger partial charge is 0.343 e. The molecular weight excluding hydrogens is 486 g/mol. The average molecular weight is 510 g/mol. The normalized spacial score (nSPS) is 10.6. The molecular formula is C26H24ClN3O6. The summed E-state index contributed by atoms with van der Waals surface area (Å²) in [5, 5.41) is 6.77. The van der Waals surface area contributed by atoms with Gasteiger partial charge in [-0.1, -0.05) is 17.7 Å². The number of carbonyl (C=O) groups is 3. The van der Waals surface area contributed by atoms with E-state index in [2.05, 4.69) is 15.8 Å². The zero-order valence-corrected chi connectivity index (χ0v) is 20.6. The van der Waals surface area contributed by atoms with Crippen LogP contribution >= 0.6 is 11.6 Å². The number of rotatable bonds is 8. The summed E-state index contributed by atoms with van der Waals surface area (Å²) in [4.78, 5) is 36.7. The first-order valence-corrected chi connectivity index (χ1v) is 11.2. The maximum Gasteiger partial charge on any atom is 0.343 e. The monoisotopic (exact) mass is 509 g/mol. The molecule has 3 aromatic carbocycles. The molecule has 0 radical (unpaired) electrons. The van der Waals surface area contributed by atoms with Gasteiger partial charge in [0.25, 0.3) is 0 Å². The minimum atomic E-state index is -0.958. The molecule has 0 aliphatic heterocycles. The lowest BCUT2D eigenvalue weighted by Gasteiger charge is -2.11. The second-order valence-corrected chi connectivity index (χ2v) is 7.73. The molecule has 0 aromatic heterocycles. The highest BCUT2D eigenvalue weighted by molar-refractivity contribution is 6.40. The van der Waals surface area contributed by atoms with Gasteiger partial charge in [-0.15, -0.1) is 0 Å². The fourth-order valence-electron chi connectivity index (χ4n) is 2.98. The molecule has 2 N–H and O–H groups in total. The summed E-state index contributed by atoms with van der Waals surface area (Å²) in [5.74, 6) is -1.27. The van der Waals surface area contributed by atoms with Crippen molar-refractivity contribution in [1.29, 1.82) is 0 Å². The van der Waals surface area contributed by atoms with Crippen molar-refractivity contribution >= 4 is 41.3 Å². The number of hydrogen-bond donors (Lipinski definition) is 2. The fourth-order valence-corrected chi connectivity index (χ4v) is 3.16. The molecule has 0 saturated carbocycles. The Hall–Kier alpha value is -4.37. The van der Waals surface area contributed by atoms with Crippen molar-refractivity contribution in [3.05, 3.63) is 82.4 Å². The third-order valence-electron chi connectivity index (χ3n) is 4.90. The zero-order chi connectivity index (χ0) is 26.1. The largest absolute Gasteiger partial charge is 0.497 e. The van der Waals surface area contributed by atoms with E-state index in [4.69, 9.17) is 25.8 Å². The van der Waals surface area contributed by atoms with Crippen LogP contribution in [0.15, 0.2) is 65.8 Å². The Morgan fingerprint density at radius 3 is 2.44 bits per heavy atom. The molecule has 3 aromatic rings. The van der Waals surface area contributed by atoms with Crippen molar-refractivity contribution in [3.63, 3.8) is 0 Å². The first-order valence-electron chi connectivity index (χ1n) is 10.8. The van der Waals surface area contributed by atoms with E-state index in [0.717, 1.165) is 0 Å². The molecule has 3 rings (SSSR count). The number of esters is 1. The van der Waals surface area contributed by atoms with E-state index in [-0.39, 0.29) is 5.75 Å². The van der Waals surface area contributed by atoms with Crippen LogP contribution in [-0.4, -0.2) is 37.7 Å². The van der Waals surface area contributed by atoms with E-state index < -0.39 is 17.8 Å². The Balaban J connectivity index is 1.64. The van der Waals surface area contributed by atoms with Crippen LogP contribution < -0.4 is 25.0 Å². The second kappa shape index (κ2) is 12.4. The van der Waals surface area contributed by atoms with Crippen LogP contribution in [0.25, 0.3) is 0 Å². The standard InChI is InChI=1S/C26H24ClN3O6/c1-4-35-23-14-17(8-13-22(23)36-26(33)18-9-11-19(34-3)12-10-18)15-28-30-25(32)24(31)29-21-7-5-6-20(27)16(21)2/h5-15H,4H2,1-3H3,(H,29,31)(H,30,32). The van der Waals surface area contributed by atoms with Crippen molar-refractivity contribution in [2.45, 2.75) is 13.8 Å². The summed E-state index contributed by atoms with van der Waals surface area (Å²) in [7, 11) is 1.54. The third-order valence-corrected chi connectivity index (χ3v) is 5.31. The van der Waals surface area contributed by atoms with E-state index >= 15 is 0 Å². The predicted octanol–water partition coefficient (Wildman–Crippen LogP) is 4.36. The van der Waals surface area contributed by atoms with Gasteiger partial charge >= 0.3 is 17.8 Å². The van der Waals surface area contributed by atoms with Gasteiger partial charge in [0, 0.05) is 10.7 Å². The Morgan fingerprint density at radius 1 is 1.00 bits per heavy atom. The van der Waals surface area contributed by atoms with E-state index in [1.807, 2.05) is 0 Å². The van der Waals surface area contributed by atoms with E-state index in [1.54, 1.807) is 74.5 Å². The number of anilines is 1. The van der Waals surface area contributed by atoms with Gasteiger partial charge in [0.15, 0.2) is 11.5 Å². The van der Waals surface area contributed by atoms with Gasteiger partial charge in [-0.25, -0.2) is 10.2 Å². The molecule has 0 unspecified atom stereocenters. The number of hydrogen-bond acceptors (Lipinski definition) is 7. The molecule has 0 bridgehead atoms. The fraction of sp³-hybridized carbons (Fsp3) is 0.154. The van der Waals surface area contributed by atoms with Crippen LogP contribution in [-0.2, 0) is 9.59 Å². The van der Waals surface area contributed by atoms with Gasteiger partial charge in [0.05, 0.1) is 25.5 Å². The number of amides is 2.